The highest BCUT2D eigenvalue weighted by atomic mass is 16.4. The second-order valence-electron chi connectivity index (χ2n) is 4.07. The van der Waals surface area contributed by atoms with E-state index in [9.17, 15) is 4.79 Å². The summed E-state index contributed by atoms with van der Waals surface area (Å²) in [4.78, 5) is 25.8. The smallest absolute Gasteiger partial charge is 0.338 e. The molecule has 110 valence electrons. The summed E-state index contributed by atoms with van der Waals surface area (Å²) in [7, 11) is 0. The lowest BCUT2D eigenvalue weighted by atomic mass is 10.2. The topological polar surface area (TPSA) is 115 Å². The van der Waals surface area contributed by atoms with Crippen molar-refractivity contribution >= 4 is 11.9 Å². The average Bonchev–Trinajstić information content (AvgIpc) is 2.57. The van der Waals surface area contributed by atoms with Gasteiger partial charge in [0.05, 0.1) is 5.56 Å². The minimum atomic E-state index is -1.02. The van der Waals surface area contributed by atoms with Gasteiger partial charge in [-0.05, 0) is 6.07 Å². The van der Waals surface area contributed by atoms with Crippen LogP contribution in [-0.2, 0) is 0 Å². The Balaban J connectivity index is 0.000000211. The predicted octanol–water partition coefficient (Wildman–Crippen LogP) is 1.90. The summed E-state index contributed by atoms with van der Waals surface area (Å²) in [6.45, 7) is 0. The molecule has 0 aliphatic heterocycles. The highest BCUT2D eigenvalue weighted by Gasteiger charge is 2.04. The monoisotopic (exact) mass is 295 g/mol. The van der Waals surface area contributed by atoms with Gasteiger partial charge >= 0.3 is 5.97 Å². The summed E-state index contributed by atoms with van der Waals surface area (Å²) in [5, 5.41) is 8.67. The SMILES string of the molecule is Nc1ncccn1.O=C(O)c1cnc(-c2ccccc2)nc1. The van der Waals surface area contributed by atoms with E-state index in [4.69, 9.17) is 10.8 Å². The Hall–Kier alpha value is -3.35. The lowest BCUT2D eigenvalue weighted by Crippen LogP contribution is -1.99. The number of hydrogen-bond acceptors (Lipinski definition) is 6. The third kappa shape index (κ3) is 4.34. The van der Waals surface area contributed by atoms with E-state index in [2.05, 4.69) is 19.9 Å². The summed E-state index contributed by atoms with van der Waals surface area (Å²) in [6.07, 6.45) is 5.81. The maximum Gasteiger partial charge on any atom is 0.338 e. The fraction of sp³-hybridized carbons (Fsp3) is 0. The van der Waals surface area contributed by atoms with Gasteiger partial charge in [-0.15, -0.1) is 0 Å². The van der Waals surface area contributed by atoms with E-state index in [0.717, 1.165) is 5.56 Å². The maximum absolute atomic E-state index is 10.6. The molecular weight excluding hydrogens is 282 g/mol. The summed E-state index contributed by atoms with van der Waals surface area (Å²) in [5.41, 5.74) is 6.10. The first kappa shape index (κ1) is 15.0. The van der Waals surface area contributed by atoms with Crippen molar-refractivity contribution in [3.63, 3.8) is 0 Å². The first-order valence-corrected chi connectivity index (χ1v) is 6.30. The van der Waals surface area contributed by atoms with Crippen LogP contribution < -0.4 is 5.73 Å². The van der Waals surface area contributed by atoms with Gasteiger partial charge in [-0.1, -0.05) is 30.3 Å². The molecule has 0 saturated carbocycles. The minimum Gasteiger partial charge on any atom is -0.478 e. The molecule has 7 nitrogen and oxygen atoms in total. The van der Waals surface area contributed by atoms with E-state index in [1.807, 2.05) is 30.3 Å². The van der Waals surface area contributed by atoms with Gasteiger partial charge in [0.2, 0.25) is 5.95 Å². The van der Waals surface area contributed by atoms with Gasteiger partial charge in [0.1, 0.15) is 0 Å². The van der Waals surface area contributed by atoms with Crippen LogP contribution in [0.1, 0.15) is 10.4 Å². The van der Waals surface area contributed by atoms with Gasteiger partial charge in [0.15, 0.2) is 5.82 Å². The van der Waals surface area contributed by atoms with Crippen LogP contribution in [0.4, 0.5) is 5.95 Å². The van der Waals surface area contributed by atoms with E-state index >= 15 is 0 Å². The molecule has 0 saturated heterocycles. The third-order valence-electron chi connectivity index (χ3n) is 2.52. The molecule has 1 aromatic carbocycles. The van der Waals surface area contributed by atoms with Crippen LogP contribution in [0, 0.1) is 0 Å². The number of aromatic carboxylic acids is 1. The van der Waals surface area contributed by atoms with Crippen LogP contribution >= 0.6 is 0 Å². The molecule has 2 aromatic heterocycles. The summed E-state index contributed by atoms with van der Waals surface area (Å²) < 4.78 is 0. The second-order valence-corrected chi connectivity index (χ2v) is 4.07. The molecule has 0 spiro atoms. The van der Waals surface area contributed by atoms with Crippen molar-refractivity contribution in [1.82, 2.24) is 19.9 Å². The van der Waals surface area contributed by atoms with Crippen LogP contribution in [0.2, 0.25) is 0 Å². The third-order valence-corrected chi connectivity index (χ3v) is 2.52. The van der Waals surface area contributed by atoms with Crippen molar-refractivity contribution in [1.29, 1.82) is 0 Å². The highest BCUT2D eigenvalue weighted by molar-refractivity contribution is 5.86. The summed E-state index contributed by atoms with van der Waals surface area (Å²) >= 11 is 0. The van der Waals surface area contributed by atoms with Crippen molar-refractivity contribution in [2.75, 3.05) is 5.73 Å². The van der Waals surface area contributed by atoms with Crippen LogP contribution in [0.3, 0.4) is 0 Å². The Morgan fingerprint density at radius 1 is 0.909 bits per heavy atom. The molecular formula is C15H13N5O2. The molecule has 3 rings (SSSR count). The Morgan fingerprint density at radius 3 is 1.95 bits per heavy atom. The van der Waals surface area contributed by atoms with Gasteiger partial charge in [0, 0.05) is 30.4 Å². The number of carboxylic acids is 1. The highest BCUT2D eigenvalue weighted by Crippen LogP contribution is 2.12. The number of nitrogen functional groups attached to an aromatic ring is 1. The van der Waals surface area contributed by atoms with Crippen LogP contribution in [0.15, 0.2) is 61.2 Å². The van der Waals surface area contributed by atoms with Gasteiger partial charge in [-0.2, -0.15) is 0 Å². The number of nitrogens with two attached hydrogens (primary N) is 1. The Bertz CT molecular complexity index is 718. The normalized spacial score (nSPS) is 9.45. The number of carboxylic acid groups (broad SMARTS) is 1. The first-order chi connectivity index (χ1) is 10.7. The number of nitrogens with zero attached hydrogens (tertiary/aromatic N) is 4. The summed E-state index contributed by atoms with van der Waals surface area (Å²) in [6, 6.07) is 11.1. The lowest BCUT2D eigenvalue weighted by Gasteiger charge is -1.99. The molecule has 0 bridgehead atoms. The molecule has 0 atom stereocenters. The van der Waals surface area contributed by atoms with E-state index in [1.165, 1.54) is 12.4 Å². The second kappa shape index (κ2) is 7.44. The zero-order valence-electron chi connectivity index (χ0n) is 11.5. The number of benzene rings is 1. The van der Waals surface area contributed by atoms with Crippen molar-refractivity contribution in [2.45, 2.75) is 0 Å². The molecule has 0 radical (unpaired) electrons. The quantitative estimate of drug-likeness (QED) is 0.741. The van der Waals surface area contributed by atoms with Crippen molar-refractivity contribution in [3.8, 4) is 11.4 Å². The molecule has 3 aromatic rings. The molecule has 0 aliphatic carbocycles. The molecule has 0 aliphatic rings. The Morgan fingerprint density at radius 2 is 1.50 bits per heavy atom. The zero-order chi connectivity index (χ0) is 15.8. The van der Waals surface area contributed by atoms with Crippen molar-refractivity contribution < 1.29 is 9.90 Å². The van der Waals surface area contributed by atoms with E-state index in [1.54, 1.807) is 18.5 Å². The van der Waals surface area contributed by atoms with Crippen molar-refractivity contribution in [3.05, 3.63) is 66.7 Å². The first-order valence-electron chi connectivity index (χ1n) is 6.30. The number of carbonyl (C=O) groups is 1. The molecule has 7 heteroatoms. The van der Waals surface area contributed by atoms with Gasteiger partial charge in [0.25, 0.3) is 0 Å². The van der Waals surface area contributed by atoms with Crippen LogP contribution in [0.25, 0.3) is 11.4 Å². The largest absolute Gasteiger partial charge is 0.478 e. The Kier molecular flexibility index (Phi) is 5.09. The number of rotatable bonds is 2. The van der Waals surface area contributed by atoms with E-state index in [-0.39, 0.29) is 5.56 Å². The van der Waals surface area contributed by atoms with E-state index in [0.29, 0.717) is 11.8 Å². The van der Waals surface area contributed by atoms with E-state index < -0.39 is 5.97 Å². The molecule has 0 unspecified atom stereocenters. The van der Waals surface area contributed by atoms with Gasteiger partial charge < -0.3 is 10.8 Å². The number of hydrogen-bond donors (Lipinski definition) is 2. The molecule has 2 heterocycles. The summed E-state index contributed by atoms with van der Waals surface area (Å²) in [5.74, 6) is -0.169. The van der Waals surface area contributed by atoms with Crippen LogP contribution in [0.5, 0.6) is 0 Å². The average molecular weight is 295 g/mol. The lowest BCUT2D eigenvalue weighted by molar-refractivity contribution is 0.0696. The zero-order valence-corrected chi connectivity index (χ0v) is 11.5. The number of anilines is 1. The standard InChI is InChI=1S/C11H8N2O2.C4H5N3/c14-11(15)9-6-12-10(13-7-9)8-4-2-1-3-5-8;5-4-6-2-1-3-7-4/h1-7H,(H,14,15);1-3H,(H2,5,6,7). The van der Waals surface area contributed by atoms with Gasteiger partial charge in [-0.3, -0.25) is 0 Å². The van der Waals surface area contributed by atoms with Crippen molar-refractivity contribution in [2.24, 2.45) is 0 Å². The minimum absolute atomic E-state index is 0.0923. The molecule has 0 fully saturated rings. The molecule has 22 heavy (non-hydrogen) atoms. The molecule has 3 N–H and O–H groups in total. The Labute approximate surface area is 126 Å². The van der Waals surface area contributed by atoms with Crippen LogP contribution in [-0.4, -0.2) is 31.0 Å². The fourth-order valence-electron chi connectivity index (χ4n) is 1.49. The molecule has 0 amide bonds. The van der Waals surface area contributed by atoms with Gasteiger partial charge in [-0.25, -0.2) is 24.7 Å². The maximum atomic E-state index is 10.6. The predicted molar refractivity (Wildman–Crippen MR) is 80.9 cm³/mol. The fourth-order valence-corrected chi connectivity index (χ4v) is 1.49. The number of aromatic nitrogens is 4.